The predicted octanol–water partition coefficient (Wildman–Crippen LogP) is 5.04. The van der Waals surface area contributed by atoms with Crippen molar-refractivity contribution in [2.45, 2.75) is 24.9 Å². The molecule has 8 nitrogen and oxygen atoms in total. The monoisotopic (exact) mass is 529 g/mol. The van der Waals surface area contributed by atoms with Gasteiger partial charge in [0.25, 0.3) is 5.91 Å². The Morgan fingerprint density at radius 2 is 1.89 bits per heavy atom. The van der Waals surface area contributed by atoms with Crippen LogP contribution in [-0.4, -0.2) is 25.8 Å². The first-order chi connectivity index (χ1) is 18.4. The molecule has 38 heavy (non-hydrogen) atoms. The summed E-state index contributed by atoms with van der Waals surface area (Å²) in [6.07, 6.45) is 5.97. The minimum absolute atomic E-state index is 0.338. The van der Waals surface area contributed by atoms with Crippen LogP contribution in [-0.2, 0) is 12.1 Å². The lowest BCUT2D eigenvalue weighted by atomic mass is 10.0. The number of amides is 1. The SMILES string of the molecule is Nc1ncnc2cnc(-c3ccc(CNc4ncccc4C(=O)NC4(c5ccc(F)c(F)c5)CC4)s3)cc12. The van der Waals surface area contributed by atoms with Crippen molar-refractivity contribution < 1.29 is 13.6 Å². The zero-order valence-electron chi connectivity index (χ0n) is 19.9. The molecule has 0 bridgehead atoms. The first-order valence-electron chi connectivity index (χ1n) is 11.8. The van der Waals surface area contributed by atoms with E-state index in [0.717, 1.165) is 33.0 Å². The first kappa shape index (κ1) is 23.9. The summed E-state index contributed by atoms with van der Waals surface area (Å²) in [5.41, 5.74) is 7.64. The molecule has 1 amide bonds. The number of hydrogen-bond donors (Lipinski definition) is 3. The van der Waals surface area contributed by atoms with Crippen molar-refractivity contribution >= 4 is 39.8 Å². The molecule has 11 heteroatoms. The van der Waals surface area contributed by atoms with E-state index in [1.807, 2.05) is 18.2 Å². The van der Waals surface area contributed by atoms with Crippen LogP contribution in [0, 0.1) is 11.6 Å². The lowest BCUT2D eigenvalue weighted by Gasteiger charge is -2.19. The van der Waals surface area contributed by atoms with Crippen LogP contribution >= 0.6 is 11.3 Å². The van der Waals surface area contributed by atoms with Gasteiger partial charge in [0.1, 0.15) is 18.0 Å². The summed E-state index contributed by atoms with van der Waals surface area (Å²) in [6, 6.07) is 12.9. The van der Waals surface area contributed by atoms with E-state index in [1.165, 1.54) is 12.4 Å². The van der Waals surface area contributed by atoms with Crippen LogP contribution in [0.25, 0.3) is 21.5 Å². The van der Waals surface area contributed by atoms with Gasteiger partial charge in [0, 0.05) is 16.5 Å². The summed E-state index contributed by atoms with van der Waals surface area (Å²) in [5, 5.41) is 6.98. The smallest absolute Gasteiger partial charge is 0.255 e. The molecule has 1 aromatic carbocycles. The zero-order chi connectivity index (χ0) is 26.3. The predicted molar refractivity (Wildman–Crippen MR) is 141 cm³/mol. The van der Waals surface area contributed by atoms with Gasteiger partial charge < -0.3 is 16.4 Å². The van der Waals surface area contributed by atoms with E-state index in [-0.39, 0.29) is 5.91 Å². The molecule has 0 spiro atoms. The van der Waals surface area contributed by atoms with E-state index < -0.39 is 17.2 Å². The van der Waals surface area contributed by atoms with Crippen LogP contribution in [0.1, 0.15) is 33.6 Å². The number of anilines is 2. The second-order valence-corrected chi connectivity index (χ2v) is 10.2. The lowest BCUT2D eigenvalue weighted by Crippen LogP contribution is -2.35. The largest absolute Gasteiger partial charge is 0.383 e. The Labute approximate surface area is 220 Å². The van der Waals surface area contributed by atoms with Crippen LogP contribution in [0.5, 0.6) is 0 Å². The maximum Gasteiger partial charge on any atom is 0.255 e. The molecule has 190 valence electrons. The molecular weight excluding hydrogens is 508 g/mol. The fourth-order valence-corrected chi connectivity index (χ4v) is 5.23. The van der Waals surface area contributed by atoms with Crippen molar-refractivity contribution in [3.05, 3.63) is 94.9 Å². The van der Waals surface area contributed by atoms with Gasteiger partial charge in [-0.1, -0.05) is 6.07 Å². The number of hydrogen-bond acceptors (Lipinski definition) is 8. The van der Waals surface area contributed by atoms with Gasteiger partial charge in [-0.3, -0.25) is 9.78 Å². The van der Waals surface area contributed by atoms with Gasteiger partial charge in [-0.2, -0.15) is 0 Å². The van der Waals surface area contributed by atoms with Crippen LogP contribution < -0.4 is 16.4 Å². The average Bonchev–Trinajstić information content (AvgIpc) is 3.55. The third-order valence-corrected chi connectivity index (χ3v) is 7.63. The fraction of sp³-hybridized carbons (Fsp3) is 0.148. The summed E-state index contributed by atoms with van der Waals surface area (Å²) in [6.45, 7) is 0.440. The number of nitrogens with zero attached hydrogens (tertiary/aromatic N) is 4. The number of fused-ring (bicyclic) bond motifs is 1. The molecule has 4 N–H and O–H groups in total. The molecule has 1 saturated carbocycles. The van der Waals surface area contributed by atoms with Crippen molar-refractivity contribution in [2.75, 3.05) is 11.1 Å². The normalized spacial score (nSPS) is 13.8. The van der Waals surface area contributed by atoms with Crippen molar-refractivity contribution in [3.63, 3.8) is 0 Å². The summed E-state index contributed by atoms with van der Waals surface area (Å²) in [5.74, 6) is -1.36. The Kier molecular flexibility index (Phi) is 5.91. The maximum atomic E-state index is 13.8. The Morgan fingerprint density at radius 1 is 1.03 bits per heavy atom. The molecule has 0 saturated heterocycles. The van der Waals surface area contributed by atoms with Crippen molar-refractivity contribution in [1.29, 1.82) is 0 Å². The standard InChI is InChI=1S/C27H21F2N7OS/c28-19-5-3-15(10-20(19)29)27(7-8-27)36-26(37)17-2-1-9-31-25(17)33-12-16-4-6-23(38-16)21-11-18-22(13-32-21)34-14-35-24(18)30/h1-6,9-11,13-14H,7-8,12H2,(H,31,33)(H,36,37)(H2,30,34,35). The van der Waals surface area contributed by atoms with Crippen molar-refractivity contribution in [1.82, 2.24) is 25.3 Å². The molecule has 0 aliphatic heterocycles. The van der Waals surface area contributed by atoms with Crippen molar-refractivity contribution in [2.24, 2.45) is 0 Å². The number of rotatable bonds is 7. The van der Waals surface area contributed by atoms with Gasteiger partial charge in [0.2, 0.25) is 0 Å². The highest BCUT2D eigenvalue weighted by Crippen LogP contribution is 2.46. The van der Waals surface area contributed by atoms with E-state index in [9.17, 15) is 13.6 Å². The maximum absolute atomic E-state index is 13.8. The Morgan fingerprint density at radius 3 is 2.71 bits per heavy atom. The highest BCUT2D eigenvalue weighted by atomic mass is 32.1. The Bertz CT molecular complexity index is 1690. The summed E-state index contributed by atoms with van der Waals surface area (Å²) in [7, 11) is 0. The number of pyridine rings is 2. The molecule has 4 heterocycles. The highest BCUT2D eigenvalue weighted by Gasteiger charge is 2.46. The third-order valence-electron chi connectivity index (χ3n) is 6.52. The first-order valence-corrected chi connectivity index (χ1v) is 12.7. The molecular formula is C27H21F2N7OS. The van der Waals surface area contributed by atoms with E-state index in [2.05, 4.69) is 30.6 Å². The fourth-order valence-electron chi connectivity index (χ4n) is 4.31. The molecule has 1 fully saturated rings. The van der Waals surface area contributed by atoms with Crippen LogP contribution in [0.2, 0.25) is 0 Å². The number of nitrogen functional groups attached to an aromatic ring is 1. The highest BCUT2D eigenvalue weighted by molar-refractivity contribution is 7.15. The number of nitrogens with two attached hydrogens (primary N) is 1. The number of carbonyl (C=O) groups excluding carboxylic acids is 1. The van der Waals surface area contributed by atoms with Crippen LogP contribution in [0.3, 0.4) is 0 Å². The van der Waals surface area contributed by atoms with Gasteiger partial charge in [0.05, 0.1) is 39.9 Å². The lowest BCUT2D eigenvalue weighted by molar-refractivity contribution is 0.0931. The van der Waals surface area contributed by atoms with Crippen molar-refractivity contribution in [3.8, 4) is 10.6 Å². The second kappa shape index (κ2) is 9.42. The Hall–Kier alpha value is -4.51. The van der Waals surface area contributed by atoms with Gasteiger partial charge in [-0.15, -0.1) is 11.3 Å². The van der Waals surface area contributed by atoms with E-state index in [4.69, 9.17) is 5.73 Å². The second-order valence-electron chi connectivity index (χ2n) is 9.03. The van der Waals surface area contributed by atoms with Gasteiger partial charge in [-0.25, -0.2) is 23.7 Å². The van der Waals surface area contributed by atoms with Gasteiger partial charge >= 0.3 is 0 Å². The molecule has 0 unspecified atom stereocenters. The number of carbonyl (C=O) groups is 1. The molecule has 5 aromatic rings. The molecule has 1 aliphatic rings. The summed E-state index contributed by atoms with van der Waals surface area (Å²) >= 11 is 1.55. The molecule has 0 radical (unpaired) electrons. The molecule has 1 aliphatic carbocycles. The number of aromatic nitrogens is 4. The number of benzene rings is 1. The number of nitrogens with one attached hydrogen (secondary N) is 2. The molecule has 0 atom stereocenters. The van der Waals surface area contributed by atoms with E-state index in [0.29, 0.717) is 47.7 Å². The van der Waals surface area contributed by atoms with E-state index >= 15 is 0 Å². The van der Waals surface area contributed by atoms with Gasteiger partial charge in [0.15, 0.2) is 11.6 Å². The zero-order valence-corrected chi connectivity index (χ0v) is 20.7. The average molecular weight is 530 g/mol. The minimum Gasteiger partial charge on any atom is -0.383 e. The van der Waals surface area contributed by atoms with Crippen LogP contribution in [0.4, 0.5) is 20.4 Å². The third kappa shape index (κ3) is 4.52. The van der Waals surface area contributed by atoms with Gasteiger partial charge in [-0.05, 0) is 60.9 Å². The number of halogens is 2. The topological polar surface area (TPSA) is 119 Å². The molecule has 4 aromatic heterocycles. The number of thiophene rings is 1. The minimum atomic E-state index is -0.933. The van der Waals surface area contributed by atoms with Crippen LogP contribution in [0.15, 0.2) is 67.3 Å². The molecule has 6 rings (SSSR count). The van der Waals surface area contributed by atoms with E-state index in [1.54, 1.807) is 35.9 Å². The quantitative estimate of drug-likeness (QED) is 0.270. The Balaban J connectivity index is 1.17. The summed E-state index contributed by atoms with van der Waals surface area (Å²) in [4.78, 5) is 32.2. The summed E-state index contributed by atoms with van der Waals surface area (Å²) < 4.78 is 27.2.